The van der Waals surface area contributed by atoms with Gasteiger partial charge in [0.1, 0.15) is 11.5 Å². The van der Waals surface area contributed by atoms with Gasteiger partial charge in [0.2, 0.25) is 0 Å². The Labute approximate surface area is 126 Å². The second-order valence-corrected chi connectivity index (χ2v) is 7.19. The van der Waals surface area contributed by atoms with E-state index < -0.39 is 9.84 Å². The van der Waals surface area contributed by atoms with Gasteiger partial charge in [-0.05, 0) is 51.8 Å². The number of hydrogen-bond donors (Lipinski definition) is 1. The van der Waals surface area contributed by atoms with E-state index in [0.29, 0.717) is 18.0 Å². The molecular formula is C14H14BrNO3S. The highest BCUT2D eigenvalue weighted by atomic mass is 79.9. The Kier molecular flexibility index (Phi) is 4.47. The summed E-state index contributed by atoms with van der Waals surface area (Å²) in [4.78, 5) is 0.227. The summed E-state index contributed by atoms with van der Waals surface area (Å²) in [5.41, 5.74) is 6.54. The van der Waals surface area contributed by atoms with Crippen LogP contribution < -0.4 is 10.5 Å². The van der Waals surface area contributed by atoms with E-state index in [0.717, 1.165) is 16.3 Å². The van der Waals surface area contributed by atoms with Crippen molar-refractivity contribution in [2.45, 2.75) is 11.4 Å². The molecule has 2 N–H and O–H groups in total. The molecule has 0 saturated heterocycles. The average Bonchev–Trinajstić information content (AvgIpc) is 2.40. The Morgan fingerprint density at radius 3 is 2.55 bits per heavy atom. The van der Waals surface area contributed by atoms with Crippen LogP contribution >= 0.6 is 15.9 Å². The van der Waals surface area contributed by atoms with Crippen molar-refractivity contribution in [3.63, 3.8) is 0 Å². The van der Waals surface area contributed by atoms with Gasteiger partial charge in [0.05, 0.1) is 9.37 Å². The molecule has 0 spiro atoms. The molecule has 0 aromatic heterocycles. The van der Waals surface area contributed by atoms with E-state index in [1.807, 2.05) is 12.1 Å². The molecule has 0 aliphatic heterocycles. The first-order valence-corrected chi connectivity index (χ1v) is 8.55. The molecule has 0 saturated carbocycles. The van der Waals surface area contributed by atoms with Crippen LogP contribution in [0, 0.1) is 0 Å². The maximum absolute atomic E-state index is 11.5. The maximum Gasteiger partial charge on any atom is 0.175 e. The number of sulfone groups is 1. The van der Waals surface area contributed by atoms with Gasteiger partial charge in [-0.15, -0.1) is 0 Å². The lowest BCUT2D eigenvalue weighted by molar-refractivity contribution is 0.477. The minimum atomic E-state index is -3.25. The van der Waals surface area contributed by atoms with Crippen LogP contribution in [0.5, 0.6) is 11.5 Å². The summed E-state index contributed by atoms with van der Waals surface area (Å²) in [5.74, 6) is 1.07. The minimum Gasteiger partial charge on any atom is -0.456 e. The number of rotatable bonds is 4. The fourth-order valence-electron chi connectivity index (χ4n) is 1.65. The first-order valence-electron chi connectivity index (χ1n) is 5.86. The summed E-state index contributed by atoms with van der Waals surface area (Å²) in [6, 6.07) is 11.9. The van der Waals surface area contributed by atoms with Crippen LogP contribution in [0.1, 0.15) is 5.56 Å². The van der Waals surface area contributed by atoms with Gasteiger partial charge in [-0.1, -0.05) is 12.1 Å². The fraction of sp³-hybridized carbons (Fsp3) is 0.143. The van der Waals surface area contributed by atoms with E-state index in [1.165, 1.54) is 12.1 Å². The van der Waals surface area contributed by atoms with E-state index in [2.05, 4.69) is 15.9 Å². The lowest BCUT2D eigenvalue weighted by atomic mass is 10.2. The fourth-order valence-corrected chi connectivity index (χ4v) is 2.81. The van der Waals surface area contributed by atoms with Gasteiger partial charge in [-0.2, -0.15) is 0 Å². The molecule has 0 amide bonds. The molecule has 20 heavy (non-hydrogen) atoms. The second kappa shape index (κ2) is 5.95. The van der Waals surface area contributed by atoms with Crippen molar-refractivity contribution < 1.29 is 13.2 Å². The van der Waals surface area contributed by atoms with Crippen LogP contribution in [0.2, 0.25) is 0 Å². The predicted molar refractivity (Wildman–Crippen MR) is 81.7 cm³/mol. The topological polar surface area (TPSA) is 69.4 Å². The lowest BCUT2D eigenvalue weighted by Gasteiger charge is -2.09. The van der Waals surface area contributed by atoms with Crippen molar-refractivity contribution in [3.8, 4) is 11.5 Å². The van der Waals surface area contributed by atoms with E-state index in [1.54, 1.807) is 18.2 Å². The number of benzene rings is 2. The number of hydrogen-bond acceptors (Lipinski definition) is 4. The van der Waals surface area contributed by atoms with Crippen LogP contribution in [0.25, 0.3) is 0 Å². The van der Waals surface area contributed by atoms with Gasteiger partial charge < -0.3 is 10.5 Å². The molecule has 0 atom stereocenters. The van der Waals surface area contributed by atoms with Gasteiger partial charge in [-0.25, -0.2) is 8.42 Å². The molecule has 2 aromatic rings. The molecule has 0 aliphatic rings. The molecule has 0 radical (unpaired) electrons. The van der Waals surface area contributed by atoms with E-state index in [-0.39, 0.29) is 4.90 Å². The zero-order chi connectivity index (χ0) is 14.8. The van der Waals surface area contributed by atoms with E-state index in [4.69, 9.17) is 10.5 Å². The smallest absolute Gasteiger partial charge is 0.175 e. The molecule has 6 heteroatoms. The van der Waals surface area contributed by atoms with Crippen molar-refractivity contribution >= 4 is 25.8 Å². The maximum atomic E-state index is 11.5. The van der Waals surface area contributed by atoms with Gasteiger partial charge in [0.25, 0.3) is 0 Å². The van der Waals surface area contributed by atoms with Gasteiger partial charge in [-0.3, -0.25) is 0 Å². The molecule has 2 rings (SSSR count). The Morgan fingerprint density at radius 2 is 1.95 bits per heavy atom. The highest BCUT2D eigenvalue weighted by molar-refractivity contribution is 9.10. The van der Waals surface area contributed by atoms with Crippen molar-refractivity contribution in [1.29, 1.82) is 0 Å². The molecule has 0 bridgehead atoms. The Morgan fingerprint density at radius 1 is 1.20 bits per heavy atom. The first-order chi connectivity index (χ1) is 9.40. The van der Waals surface area contributed by atoms with Crippen molar-refractivity contribution in [1.82, 2.24) is 0 Å². The zero-order valence-electron chi connectivity index (χ0n) is 10.8. The Hall–Kier alpha value is -1.37. The zero-order valence-corrected chi connectivity index (χ0v) is 13.2. The standard InChI is InChI=1S/C14H14BrNO3S/c1-20(17,18)12-4-2-3-11(8-12)19-14-6-5-10(9-16)7-13(14)15/h2-8H,9,16H2,1H3. The molecule has 106 valence electrons. The minimum absolute atomic E-state index is 0.227. The Bertz CT molecular complexity index is 729. The highest BCUT2D eigenvalue weighted by Gasteiger charge is 2.09. The van der Waals surface area contributed by atoms with Crippen LogP contribution in [-0.2, 0) is 16.4 Å². The normalized spacial score (nSPS) is 11.3. The summed E-state index contributed by atoms with van der Waals surface area (Å²) >= 11 is 3.40. The van der Waals surface area contributed by atoms with Gasteiger partial charge in [0, 0.05) is 12.8 Å². The molecule has 4 nitrogen and oxygen atoms in total. The summed E-state index contributed by atoms with van der Waals surface area (Å²) in [7, 11) is -3.25. The lowest BCUT2D eigenvalue weighted by Crippen LogP contribution is -1.98. The number of nitrogens with two attached hydrogens (primary N) is 1. The highest BCUT2D eigenvalue weighted by Crippen LogP contribution is 2.31. The summed E-state index contributed by atoms with van der Waals surface area (Å²) < 4.78 is 29.5. The third kappa shape index (κ3) is 3.59. The second-order valence-electron chi connectivity index (χ2n) is 4.32. The summed E-state index contributed by atoms with van der Waals surface area (Å²) in [5, 5.41) is 0. The SMILES string of the molecule is CS(=O)(=O)c1cccc(Oc2ccc(CN)cc2Br)c1. The summed E-state index contributed by atoms with van der Waals surface area (Å²) in [6.45, 7) is 0.447. The van der Waals surface area contributed by atoms with Gasteiger partial charge in [0.15, 0.2) is 9.84 Å². The predicted octanol–water partition coefficient (Wildman–Crippen LogP) is 3.10. The third-order valence-electron chi connectivity index (χ3n) is 2.69. The Balaban J connectivity index is 2.31. The van der Waals surface area contributed by atoms with E-state index >= 15 is 0 Å². The van der Waals surface area contributed by atoms with Crippen LogP contribution in [-0.4, -0.2) is 14.7 Å². The molecule has 0 aliphatic carbocycles. The average molecular weight is 356 g/mol. The molecular weight excluding hydrogens is 342 g/mol. The molecule has 2 aromatic carbocycles. The largest absolute Gasteiger partial charge is 0.456 e. The summed E-state index contributed by atoms with van der Waals surface area (Å²) in [6.07, 6.45) is 1.16. The van der Waals surface area contributed by atoms with Crippen molar-refractivity contribution in [2.75, 3.05) is 6.26 Å². The number of halogens is 1. The molecule has 0 unspecified atom stereocenters. The van der Waals surface area contributed by atoms with Crippen LogP contribution in [0.3, 0.4) is 0 Å². The first kappa shape index (κ1) is 15.0. The molecule has 0 heterocycles. The van der Waals surface area contributed by atoms with E-state index in [9.17, 15) is 8.42 Å². The number of ether oxygens (including phenoxy) is 1. The van der Waals surface area contributed by atoms with Crippen LogP contribution in [0.15, 0.2) is 51.8 Å². The third-order valence-corrected chi connectivity index (χ3v) is 4.42. The van der Waals surface area contributed by atoms with Crippen molar-refractivity contribution in [2.24, 2.45) is 5.73 Å². The quantitative estimate of drug-likeness (QED) is 0.914. The molecule has 0 fully saturated rings. The monoisotopic (exact) mass is 355 g/mol. The van der Waals surface area contributed by atoms with Crippen molar-refractivity contribution in [3.05, 3.63) is 52.5 Å². The van der Waals surface area contributed by atoms with Gasteiger partial charge >= 0.3 is 0 Å². The van der Waals surface area contributed by atoms with Crippen LogP contribution in [0.4, 0.5) is 0 Å².